The molecule has 1 aliphatic carbocycles. The standard InChI is InChI=1S/C36H41N5O2/c1-23-18-24(2)41(39-23)28-13-9-12-26(19-28)29-15-14-27(21-37-34(42)32-20-31(32)25-10-7-6-8-11-25)33-22-40(17-16-30(29)33)35(43)38-36(3,4)5/h6-15,18-19,31-32H,16-17,20-22H2,1-5H3,(H,37,42)(H,38,43)/t31-,32+/m1/s1. The first-order valence-electron chi connectivity index (χ1n) is 15.2. The van der Waals surface area contributed by atoms with E-state index in [9.17, 15) is 9.59 Å². The van der Waals surface area contributed by atoms with E-state index in [0.29, 0.717) is 25.6 Å². The molecule has 7 nitrogen and oxygen atoms in total. The van der Waals surface area contributed by atoms with Gasteiger partial charge in [0.1, 0.15) is 0 Å². The molecule has 222 valence electrons. The van der Waals surface area contributed by atoms with Gasteiger partial charge in [0.05, 0.1) is 11.4 Å². The Morgan fingerprint density at radius 2 is 1.74 bits per heavy atom. The Kier molecular flexibility index (Phi) is 7.59. The third kappa shape index (κ3) is 6.21. The van der Waals surface area contributed by atoms with Crippen LogP contribution in [-0.2, 0) is 24.3 Å². The molecule has 43 heavy (non-hydrogen) atoms. The highest BCUT2D eigenvalue weighted by atomic mass is 16.2. The average molecular weight is 576 g/mol. The molecule has 3 aromatic carbocycles. The molecular formula is C36H41N5O2. The fraction of sp³-hybridized carbons (Fsp3) is 0.361. The van der Waals surface area contributed by atoms with Gasteiger partial charge in [-0.1, -0.05) is 54.6 Å². The van der Waals surface area contributed by atoms with Crippen LogP contribution in [0.4, 0.5) is 4.79 Å². The first kappa shape index (κ1) is 28.7. The van der Waals surface area contributed by atoms with Gasteiger partial charge < -0.3 is 15.5 Å². The molecule has 0 saturated heterocycles. The summed E-state index contributed by atoms with van der Waals surface area (Å²) in [4.78, 5) is 28.2. The van der Waals surface area contributed by atoms with E-state index in [1.165, 1.54) is 11.1 Å². The summed E-state index contributed by atoms with van der Waals surface area (Å²) in [5.74, 6) is 0.412. The lowest BCUT2D eigenvalue weighted by molar-refractivity contribution is -0.122. The van der Waals surface area contributed by atoms with E-state index < -0.39 is 0 Å². The van der Waals surface area contributed by atoms with Crippen LogP contribution in [-0.4, -0.2) is 38.7 Å². The smallest absolute Gasteiger partial charge is 0.318 e. The largest absolute Gasteiger partial charge is 0.352 e. The summed E-state index contributed by atoms with van der Waals surface area (Å²) in [5, 5.41) is 11.0. The molecule has 2 N–H and O–H groups in total. The van der Waals surface area contributed by atoms with Gasteiger partial charge in [0.2, 0.25) is 5.91 Å². The van der Waals surface area contributed by atoms with Crippen molar-refractivity contribution in [3.63, 3.8) is 0 Å². The van der Waals surface area contributed by atoms with Crippen molar-refractivity contribution in [2.75, 3.05) is 6.54 Å². The molecule has 2 heterocycles. The van der Waals surface area contributed by atoms with Gasteiger partial charge in [-0.15, -0.1) is 0 Å². The maximum Gasteiger partial charge on any atom is 0.318 e. The summed E-state index contributed by atoms with van der Waals surface area (Å²) in [6.45, 7) is 11.7. The van der Waals surface area contributed by atoms with E-state index >= 15 is 0 Å². The first-order valence-corrected chi connectivity index (χ1v) is 15.2. The minimum atomic E-state index is -0.320. The van der Waals surface area contributed by atoms with Crippen molar-refractivity contribution >= 4 is 11.9 Å². The zero-order chi connectivity index (χ0) is 30.3. The average Bonchev–Trinajstić information content (AvgIpc) is 3.72. The summed E-state index contributed by atoms with van der Waals surface area (Å²) in [5.41, 5.74) is 9.72. The highest BCUT2D eigenvalue weighted by molar-refractivity contribution is 5.83. The number of aromatic nitrogens is 2. The molecule has 3 amide bonds. The van der Waals surface area contributed by atoms with Crippen molar-refractivity contribution in [1.82, 2.24) is 25.3 Å². The Labute approximate surface area is 254 Å². The molecule has 0 unspecified atom stereocenters. The number of benzene rings is 3. The Hall–Kier alpha value is -4.39. The fourth-order valence-corrected chi connectivity index (χ4v) is 6.31. The van der Waals surface area contributed by atoms with Crippen molar-refractivity contribution in [3.8, 4) is 16.8 Å². The van der Waals surface area contributed by atoms with Crippen LogP contribution in [0.25, 0.3) is 16.8 Å². The highest BCUT2D eigenvalue weighted by Crippen LogP contribution is 2.47. The minimum absolute atomic E-state index is 0.0173. The second kappa shape index (κ2) is 11.4. The zero-order valence-corrected chi connectivity index (χ0v) is 25.8. The number of nitrogens with one attached hydrogen (secondary N) is 2. The number of hydrogen-bond acceptors (Lipinski definition) is 3. The molecule has 1 aliphatic heterocycles. The molecule has 0 radical (unpaired) electrons. The van der Waals surface area contributed by atoms with Crippen molar-refractivity contribution in [2.45, 2.75) is 72.0 Å². The van der Waals surface area contributed by atoms with E-state index in [-0.39, 0.29) is 23.4 Å². The van der Waals surface area contributed by atoms with Gasteiger partial charge in [0, 0.05) is 36.8 Å². The van der Waals surface area contributed by atoms with Crippen LogP contribution in [0.3, 0.4) is 0 Å². The van der Waals surface area contributed by atoms with E-state index in [1.54, 1.807) is 0 Å². The van der Waals surface area contributed by atoms with Gasteiger partial charge in [-0.05, 0) is 105 Å². The van der Waals surface area contributed by atoms with Crippen LogP contribution >= 0.6 is 0 Å². The molecule has 1 aromatic heterocycles. The Morgan fingerprint density at radius 1 is 0.953 bits per heavy atom. The quantitative estimate of drug-likeness (QED) is 0.278. The lowest BCUT2D eigenvalue weighted by Crippen LogP contribution is -2.50. The topological polar surface area (TPSA) is 79.3 Å². The molecule has 1 fully saturated rings. The fourth-order valence-electron chi connectivity index (χ4n) is 6.31. The van der Waals surface area contributed by atoms with Gasteiger partial charge in [-0.2, -0.15) is 5.10 Å². The van der Waals surface area contributed by atoms with E-state index in [4.69, 9.17) is 0 Å². The molecular weight excluding hydrogens is 534 g/mol. The predicted octanol–water partition coefficient (Wildman–Crippen LogP) is 6.44. The molecule has 0 bridgehead atoms. The zero-order valence-electron chi connectivity index (χ0n) is 25.8. The lowest BCUT2D eigenvalue weighted by atomic mass is 9.87. The SMILES string of the molecule is Cc1cc(C)n(-c2cccc(-c3ccc(CNC(=O)[C@H]4C[C@@H]4c4ccccc4)c4c3CCN(C(=O)NC(C)(C)C)C4)c2)n1. The number of rotatable bonds is 6. The summed E-state index contributed by atoms with van der Waals surface area (Å²) < 4.78 is 1.98. The van der Waals surface area contributed by atoms with Crippen LogP contribution in [0.1, 0.15) is 66.8 Å². The predicted molar refractivity (Wildman–Crippen MR) is 170 cm³/mol. The van der Waals surface area contributed by atoms with E-state index in [2.05, 4.69) is 77.3 Å². The summed E-state index contributed by atoms with van der Waals surface area (Å²) in [7, 11) is 0. The summed E-state index contributed by atoms with van der Waals surface area (Å²) in [6.07, 6.45) is 1.63. The Bertz CT molecular complexity index is 1670. The van der Waals surface area contributed by atoms with Crippen LogP contribution in [0.5, 0.6) is 0 Å². The molecule has 2 aliphatic rings. The van der Waals surface area contributed by atoms with Crippen LogP contribution in [0.2, 0.25) is 0 Å². The van der Waals surface area contributed by atoms with Crippen molar-refractivity contribution in [3.05, 3.63) is 106 Å². The number of hydrogen-bond donors (Lipinski definition) is 2. The number of aryl methyl sites for hydroxylation is 2. The summed E-state index contributed by atoms with van der Waals surface area (Å²) >= 11 is 0. The number of amides is 3. The molecule has 1 saturated carbocycles. The number of carbonyl (C=O) groups is 2. The monoisotopic (exact) mass is 575 g/mol. The van der Waals surface area contributed by atoms with Gasteiger partial charge in [0.25, 0.3) is 0 Å². The van der Waals surface area contributed by atoms with E-state index in [1.807, 2.05) is 55.5 Å². The first-order chi connectivity index (χ1) is 20.6. The van der Waals surface area contributed by atoms with Gasteiger partial charge in [-0.25, -0.2) is 9.48 Å². The van der Waals surface area contributed by atoms with Crippen LogP contribution in [0, 0.1) is 19.8 Å². The van der Waals surface area contributed by atoms with Crippen LogP contribution < -0.4 is 10.6 Å². The lowest BCUT2D eigenvalue weighted by Gasteiger charge is -2.34. The second-order valence-electron chi connectivity index (χ2n) is 13.0. The summed E-state index contributed by atoms with van der Waals surface area (Å²) in [6, 6.07) is 25.1. The van der Waals surface area contributed by atoms with Crippen molar-refractivity contribution in [1.29, 1.82) is 0 Å². The number of carbonyl (C=O) groups excluding carboxylic acids is 2. The van der Waals surface area contributed by atoms with Crippen LogP contribution in [0.15, 0.2) is 72.8 Å². The second-order valence-corrected chi connectivity index (χ2v) is 13.0. The molecule has 6 rings (SSSR count). The van der Waals surface area contributed by atoms with Gasteiger partial charge >= 0.3 is 6.03 Å². The normalized spacial score (nSPS) is 17.7. The van der Waals surface area contributed by atoms with Gasteiger partial charge in [0.15, 0.2) is 0 Å². The van der Waals surface area contributed by atoms with Gasteiger partial charge in [-0.3, -0.25) is 4.79 Å². The van der Waals surface area contributed by atoms with E-state index in [0.717, 1.165) is 52.2 Å². The Morgan fingerprint density at radius 3 is 2.47 bits per heavy atom. The molecule has 0 spiro atoms. The number of urea groups is 1. The maximum atomic E-state index is 13.2. The molecule has 4 aromatic rings. The maximum absolute atomic E-state index is 13.2. The van der Waals surface area contributed by atoms with Crippen molar-refractivity contribution < 1.29 is 9.59 Å². The third-order valence-corrected chi connectivity index (χ3v) is 8.50. The third-order valence-electron chi connectivity index (χ3n) is 8.50. The Balaban J connectivity index is 1.28. The van der Waals surface area contributed by atoms with Crippen molar-refractivity contribution in [2.24, 2.45) is 5.92 Å². The molecule has 7 heteroatoms. The highest BCUT2D eigenvalue weighted by Gasteiger charge is 2.43. The number of nitrogens with zero attached hydrogens (tertiary/aromatic N) is 3. The molecule has 2 atom stereocenters. The minimum Gasteiger partial charge on any atom is -0.352 e. The number of fused-ring (bicyclic) bond motifs is 1.